The van der Waals surface area contributed by atoms with Gasteiger partial charge in [0, 0.05) is 11.6 Å². The maximum absolute atomic E-state index is 5.52. The van der Waals surface area contributed by atoms with Crippen LogP contribution in [0.25, 0.3) is 0 Å². The van der Waals surface area contributed by atoms with Crippen molar-refractivity contribution in [1.82, 2.24) is 15.1 Å². The number of nitrogens with zero attached hydrogens (tertiary/aromatic N) is 2. The van der Waals surface area contributed by atoms with E-state index in [4.69, 9.17) is 4.74 Å². The van der Waals surface area contributed by atoms with Crippen molar-refractivity contribution >= 4 is 43.2 Å². The second kappa shape index (κ2) is 7.26. The van der Waals surface area contributed by atoms with Crippen LogP contribution in [-0.2, 0) is 0 Å². The molecule has 2 aromatic rings. The van der Waals surface area contributed by atoms with Gasteiger partial charge < -0.3 is 10.1 Å². The highest BCUT2D eigenvalue weighted by atomic mass is 79.9. The zero-order valence-electron chi connectivity index (χ0n) is 12.5. The number of methoxy groups -OCH3 is 1. The molecular weight excluding hydrogens is 418 g/mol. The summed E-state index contributed by atoms with van der Waals surface area (Å²) in [4.78, 5) is 0. The van der Waals surface area contributed by atoms with Crippen molar-refractivity contribution in [3.8, 4) is 5.75 Å². The zero-order chi connectivity index (χ0) is 15.6. The largest absolute Gasteiger partial charge is 0.493 e. The Hall–Kier alpha value is -0.370. The summed E-state index contributed by atoms with van der Waals surface area (Å²) in [6, 6.07) is 2.44. The quantitative estimate of drug-likeness (QED) is 0.709. The molecule has 1 atom stereocenters. The van der Waals surface area contributed by atoms with Crippen LogP contribution in [-0.4, -0.2) is 23.4 Å². The maximum Gasteiger partial charge on any atom is 0.161 e. The molecule has 4 nitrogen and oxygen atoms in total. The molecule has 0 aliphatic rings. The van der Waals surface area contributed by atoms with Gasteiger partial charge in [-0.2, -0.15) is 5.10 Å². The third kappa shape index (κ3) is 3.52. The molecule has 1 N–H and O–H groups in total. The van der Waals surface area contributed by atoms with Gasteiger partial charge in [0.05, 0.1) is 26.9 Å². The number of thiophene rings is 1. The van der Waals surface area contributed by atoms with Gasteiger partial charge in [-0.3, -0.25) is 4.68 Å². The second-order valence-electron chi connectivity index (χ2n) is 4.91. The van der Waals surface area contributed by atoms with Gasteiger partial charge in [0.25, 0.3) is 0 Å². The van der Waals surface area contributed by atoms with Crippen molar-refractivity contribution in [3.05, 3.63) is 31.1 Å². The predicted octanol–water partition coefficient (Wildman–Crippen LogP) is 4.76. The van der Waals surface area contributed by atoms with E-state index in [9.17, 15) is 0 Å². The van der Waals surface area contributed by atoms with Gasteiger partial charge >= 0.3 is 0 Å². The van der Waals surface area contributed by atoms with E-state index in [0.29, 0.717) is 0 Å². The molecule has 7 heteroatoms. The average Bonchev–Trinajstić information content (AvgIpc) is 2.99. The minimum atomic E-state index is 0.0341. The Labute approximate surface area is 146 Å². The van der Waals surface area contributed by atoms with Gasteiger partial charge in [-0.1, -0.05) is 6.92 Å². The molecule has 0 fully saturated rings. The van der Waals surface area contributed by atoms with Gasteiger partial charge in [-0.25, -0.2) is 0 Å². The standard InChI is InChI=1S/C14H19Br2N3OS/c1-5-17-12(9-6-11(15)21-14(9)16)13-10(20-4)7-18-19(13)8(2)3/h6-8,12,17H,5H2,1-4H3. The van der Waals surface area contributed by atoms with Crippen molar-refractivity contribution in [1.29, 1.82) is 0 Å². The Kier molecular flexibility index (Phi) is 5.88. The molecule has 21 heavy (non-hydrogen) atoms. The van der Waals surface area contributed by atoms with E-state index >= 15 is 0 Å². The van der Waals surface area contributed by atoms with Crippen LogP contribution in [0.3, 0.4) is 0 Å². The summed E-state index contributed by atoms with van der Waals surface area (Å²) < 4.78 is 9.75. The first-order chi connectivity index (χ1) is 9.99. The number of halogens is 2. The molecule has 0 aliphatic heterocycles. The Balaban J connectivity index is 2.57. The maximum atomic E-state index is 5.52. The fourth-order valence-corrected chi connectivity index (χ4v) is 5.21. The molecule has 0 spiro atoms. The highest BCUT2D eigenvalue weighted by Crippen LogP contribution is 2.40. The molecular formula is C14H19Br2N3OS. The molecule has 0 bridgehead atoms. The van der Waals surface area contributed by atoms with E-state index in [0.717, 1.165) is 25.6 Å². The van der Waals surface area contributed by atoms with E-state index in [1.54, 1.807) is 24.6 Å². The Morgan fingerprint density at radius 2 is 2.14 bits per heavy atom. The van der Waals surface area contributed by atoms with Crippen molar-refractivity contribution < 1.29 is 4.74 Å². The molecule has 0 radical (unpaired) electrons. The topological polar surface area (TPSA) is 39.1 Å². The number of aromatic nitrogens is 2. The average molecular weight is 437 g/mol. The van der Waals surface area contributed by atoms with Gasteiger partial charge in [0.1, 0.15) is 5.69 Å². The van der Waals surface area contributed by atoms with Crippen molar-refractivity contribution in [3.63, 3.8) is 0 Å². The molecule has 1 unspecified atom stereocenters. The van der Waals surface area contributed by atoms with Crippen molar-refractivity contribution in [2.75, 3.05) is 13.7 Å². The van der Waals surface area contributed by atoms with E-state index in [-0.39, 0.29) is 12.1 Å². The molecule has 116 valence electrons. The smallest absolute Gasteiger partial charge is 0.161 e. The summed E-state index contributed by atoms with van der Waals surface area (Å²) in [7, 11) is 1.69. The highest BCUT2D eigenvalue weighted by molar-refractivity contribution is 9.12. The molecule has 2 aromatic heterocycles. The fraction of sp³-hybridized carbons (Fsp3) is 0.500. The number of hydrogen-bond donors (Lipinski definition) is 1. The van der Waals surface area contributed by atoms with Crippen LogP contribution in [0.4, 0.5) is 0 Å². The van der Waals surface area contributed by atoms with Crippen LogP contribution in [0, 0.1) is 0 Å². The van der Waals surface area contributed by atoms with E-state index in [2.05, 4.69) is 69.1 Å². The lowest BCUT2D eigenvalue weighted by molar-refractivity contribution is 0.394. The van der Waals surface area contributed by atoms with Gasteiger partial charge in [0.15, 0.2) is 5.75 Å². The first kappa shape index (κ1) is 17.0. The highest BCUT2D eigenvalue weighted by Gasteiger charge is 2.27. The van der Waals surface area contributed by atoms with Crippen LogP contribution in [0.1, 0.15) is 44.1 Å². The minimum Gasteiger partial charge on any atom is -0.493 e. The first-order valence-corrected chi connectivity index (χ1v) is 9.19. The van der Waals surface area contributed by atoms with Gasteiger partial charge in [0.2, 0.25) is 0 Å². The SMILES string of the molecule is CCNC(c1cc(Br)sc1Br)c1c(OC)cnn1C(C)C. The van der Waals surface area contributed by atoms with Crippen LogP contribution in [0.2, 0.25) is 0 Å². The second-order valence-corrected chi connectivity index (χ2v) is 8.66. The lowest BCUT2D eigenvalue weighted by atomic mass is 10.1. The molecule has 0 amide bonds. The fourth-order valence-electron chi connectivity index (χ4n) is 2.31. The van der Waals surface area contributed by atoms with E-state index < -0.39 is 0 Å². The summed E-state index contributed by atoms with van der Waals surface area (Å²) >= 11 is 8.89. The summed E-state index contributed by atoms with van der Waals surface area (Å²) in [5.41, 5.74) is 2.25. The number of rotatable bonds is 6. The molecule has 0 saturated carbocycles. The van der Waals surface area contributed by atoms with Crippen LogP contribution in [0.15, 0.2) is 19.8 Å². The number of hydrogen-bond acceptors (Lipinski definition) is 4. The lowest BCUT2D eigenvalue weighted by Crippen LogP contribution is -2.26. The molecule has 0 aliphatic carbocycles. The van der Waals surface area contributed by atoms with Crippen LogP contribution in [0.5, 0.6) is 5.75 Å². The first-order valence-electron chi connectivity index (χ1n) is 6.79. The summed E-state index contributed by atoms with van der Waals surface area (Å²) in [6.07, 6.45) is 1.79. The predicted molar refractivity (Wildman–Crippen MR) is 94.4 cm³/mol. The zero-order valence-corrected chi connectivity index (χ0v) is 16.5. The van der Waals surface area contributed by atoms with Crippen molar-refractivity contribution in [2.45, 2.75) is 32.9 Å². The number of nitrogens with one attached hydrogen (secondary N) is 1. The lowest BCUT2D eigenvalue weighted by Gasteiger charge is -2.22. The molecule has 0 saturated heterocycles. The van der Waals surface area contributed by atoms with Crippen molar-refractivity contribution in [2.24, 2.45) is 0 Å². The Morgan fingerprint density at radius 1 is 1.43 bits per heavy atom. The molecule has 0 aromatic carbocycles. The van der Waals surface area contributed by atoms with E-state index in [1.165, 1.54) is 5.56 Å². The number of ether oxygens (including phenoxy) is 1. The summed E-state index contributed by atoms with van der Waals surface area (Å²) in [5.74, 6) is 0.809. The Morgan fingerprint density at radius 3 is 2.62 bits per heavy atom. The van der Waals surface area contributed by atoms with E-state index in [1.807, 2.05) is 4.68 Å². The Bertz CT molecular complexity index is 609. The normalized spacial score (nSPS) is 12.9. The monoisotopic (exact) mass is 435 g/mol. The molecule has 2 heterocycles. The summed E-state index contributed by atoms with van der Waals surface area (Å²) in [6.45, 7) is 7.21. The van der Waals surface area contributed by atoms with Crippen LogP contribution >= 0.6 is 43.2 Å². The van der Waals surface area contributed by atoms with Gasteiger partial charge in [-0.15, -0.1) is 11.3 Å². The third-order valence-electron chi connectivity index (χ3n) is 3.18. The molecule has 2 rings (SSSR count). The minimum absolute atomic E-state index is 0.0341. The van der Waals surface area contributed by atoms with Gasteiger partial charge in [-0.05, 0) is 58.3 Å². The summed E-state index contributed by atoms with van der Waals surface area (Å²) in [5, 5.41) is 8.02. The van der Waals surface area contributed by atoms with Crippen LogP contribution < -0.4 is 10.1 Å². The third-order valence-corrected chi connectivity index (χ3v) is 5.57.